The van der Waals surface area contributed by atoms with E-state index in [1.54, 1.807) is 0 Å². The van der Waals surface area contributed by atoms with Crippen molar-refractivity contribution >= 4 is 23.2 Å². The molecular weight excluding hydrogens is 269 g/mol. The van der Waals surface area contributed by atoms with E-state index >= 15 is 0 Å². The molecule has 18 heavy (non-hydrogen) atoms. The van der Waals surface area contributed by atoms with Crippen LogP contribution in [-0.4, -0.2) is 24.8 Å². The molecule has 2 nitrogen and oxygen atoms in total. The maximum atomic E-state index is 9.97. The van der Waals surface area contributed by atoms with E-state index in [9.17, 15) is 5.11 Å². The molecule has 0 unspecified atom stereocenters. The van der Waals surface area contributed by atoms with Crippen LogP contribution < -0.4 is 5.32 Å². The van der Waals surface area contributed by atoms with Gasteiger partial charge in [0.15, 0.2) is 0 Å². The third-order valence-corrected chi connectivity index (χ3v) is 4.61. The normalized spacial score (nSPS) is 28.3. The Hall–Kier alpha value is -0.280. The van der Waals surface area contributed by atoms with Crippen LogP contribution >= 0.6 is 23.2 Å². The summed E-state index contributed by atoms with van der Waals surface area (Å²) in [7, 11) is 1.94. The SMILES string of the molecule is CNC[C@@]1(c2ccc(Cl)c(Cl)c2)CCC[C@@H](O)C1. The van der Waals surface area contributed by atoms with E-state index in [4.69, 9.17) is 23.2 Å². The molecule has 1 saturated carbocycles. The molecule has 2 N–H and O–H groups in total. The summed E-state index contributed by atoms with van der Waals surface area (Å²) in [4.78, 5) is 0. The van der Waals surface area contributed by atoms with Crippen LogP contribution in [0.4, 0.5) is 0 Å². The van der Waals surface area contributed by atoms with Crippen molar-refractivity contribution < 1.29 is 5.11 Å². The molecule has 1 aromatic carbocycles. The Morgan fingerprint density at radius 3 is 2.78 bits per heavy atom. The second-order valence-corrected chi connectivity index (χ2v) is 6.00. The fraction of sp³-hybridized carbons (Fsp3) is 0.571. The standard InChI is InChI=1S/C14H19Cl2NO/c1-17-9-14(6-2-3-11(18)8-14)10-4-5-12(15)13(16)7-10/h4-5,7,11,17-18H,2-3,6,8-9H2,1H3/t11-,14-/m1/s1. The van der Waals surface area contributed by atoms with Gasteiger partial charge in [0.25, 0.3) is 0 Å². The number of benzene rings is 1. The van der Waals surface area contributed by atoms with Crippen molar-refractivity contribution in [2.75, 3.05) is 13.6 Å². The van der Waals surface area contributed by atoms with Gasteiger partial charge in [-0.25, -0.2) is 0 Å². The molecule has 1 aliphatic rings. The number of hydrogen-bond donors (Lipinski definition) is 2. The predicted octanol–water partition coefficient (Wildman–Crippen LogP) is 3.39. The fourth-order valence-corrected chi connectivity index (χ4v) is 3.32. The summed E-state index contributed by atoms with van der Waals surface area (Å²) in [5, 5.41) is 14.4. The van der Waals surface area contributed by atoms with E-state index in [1.165, 1.54) is 5.56 Å². The molecule has 1 aromatic rings. The fourth-order valence-electron chi connectivity index (χ4n) is 3.02. The highest BCUT2D eigenvalue weighted by molar-refractivity contribution is 6.42. The van der Waals surface area contributed by atoms with Crippen molar-refractivity contribution in [3.8, 4) is 0 Å². The zero-order valence-electron chi connectivity index (χ0n) is 10.5. The Morgan fingerprint density at radius 1 is 1.39 bits per heavy atom. The molecule has 1 aliphatic carbocycles. The molecule has 0 bridgehead atoms. The smallest absolute Gasteiger partial charge is 0.0595 e. The molecule has 100 valence electrons. The number of nitrogens with one attached hydrogen (secondary N) is 1. The Balaban J connectivity index is 2.36. The molecule has 0 spiro atoms. The molecule has 0 radical (unpaired) electrons. The monoisotopic (exact) mass is 287 g/mol. The molecular formula is C14H19Cl2NO. The van der Waals surface area contributed by atoms with Gasteiger partial charge in [-0.3, -0.25) is 0 Å². The Bertz CT molecular complexity index is 420. The zero-order valence-corrected chi connectivity index (χ0v) is 12.1. The van der Waals surface area contributed by atoms with Gasteiger partial charge in [-0.15, -0.1) is 0 Å². The first-order chi connectivity index (χ1) is 8.57. The summed E-state index contributed by atoms with van der Waals surface area (Å²) in [5.41, 5.74) is 1.14. The van der Waals surface area contributed by atoms with Crippen molar-refractivity contribution in [1.29, 1.82) is 0 Å². The van der Waals surface area contributed by atoms with Gasteiger partial charge in [0.1, 0.15) is 0 Å². The Morgan fingerprint density at radius 2 is 2.17 bits per heavy atom. The number of aliphatic hydroxyl groups excluding tert-OH is 1. The number of aliphatic hydroxyl groups is 1. The van der Waals surface area contributed by atoms with Gasteiger partial charge in [0.05, 0.1) is 16.1 Å². The van der Waals surface area contributed by atoms with Gasteiger partial charge in [-0.2, -0.15) is 0 Å². The molecule has 0 amide bonds. The lowest BCUT2D eigenvalue weighted by atomic mass is 9.68. The maximum Gasteiger partial charge on any atom is 0.0595 e. The second kappa shape index (κ2) is 5.79. The van der Waals surface area contributed by atoms with E-state index in [2.05, 4.69) is 5.32 Å². The van der Waals surface area contributed by atoms with Gasteiger partial charge in [0, 0.05) is 12.0 Å². The Labute approximate surface area is 118 Å². The maximum absolute atomic E-state index is 9.97. The zero-order chi connectivity index (χ0) is 13.2. The van der Waals surface area contributed by atoms with Gasteiger partial charge < -0.3 is 10.4 Å². The summed E-state index contributed by atoms with van der Waals surface area (Å²) in [6.45, 7) is 0.849. The average Bonchev–Trinajstić information content (AvgIpc) is 2.33. The quantitative estimate of drug-likeness (QED) is 0.893. The first-order valence-electron chi connectivity index (χ1n) is 6.35. The van der Waals surface area contributed by atoms with Gasteiger partial charge in [-0.1, -0.05) is 29.3 Å². The van der Waals surface area contributed by atoms with Crippen LogP contribution in [0.25, 0.3) is 0 Å². The minimum atomic E-state index is -0.221. The topological polar surface area (TPSA) is 32.3 Å². The van der Waals surface area contributed by atoms with Crippen LogP contribution in [0.5, 0.6) is 0 Å². The van der Waals surface area contributed by atoms with E-state index in [1.807, 2.05) is 25.2 Å². The highest BCUT2D eigenvalue weighted by atomic mass is 35.5. The molecule has 2 atom stereocenters. The average molecular weight is 288 g/mol. The van der Waals surface area contributed by atoms with Crippen molar-refractivity contribution in [2.24, 2.45) is 0 Å². The predicted molar refractivity (Wildman–Crippen MR) is 76.5 cm³/mol. The van der Waals surface area contributed by atoms with E-state index in [0.29, 0.717) is 10.0 Å². The van der Waals surface area contributed by atoms with Crippen LogP contribution in [0, 0.1) is 0 Å². The molecule has 2 rings (SSSR count). The minimum Gasteiger partial charge on any atom is -0.393 e. The molecule has 0 saturated heterocycles. The van der Waals surface area contributed by atoms with E-state index < -0.39 is 0 Å². The largest absolute Gasteiger partial charge is 0.393 e. The Kier molecular flexibility index (Phi) is 4.54. The van der Waals surface area contributed by atoms with Crippen LogP contribution in [0.3, 0.4) is 0 Å². The van der Waals surface area contributed by atoms with Gasteiger partial charge in [0.2, 0.25) is 0 Å². The molecule has 0 heterocycles. The number of hydrogen-bond acceptors (Lipinski definition) is 2. The second-order valence-electron chi connectivity index (χ2n) is 5.19. The lowest BCUT2D eigenvalue weighted by Crippen LogP contribution is -2.42. The third-order valence-electron chi connectivity index (χ3n) is 3.87. The molecule has 1 fully saturated rings. The van der Waals surface area contributed by atoms with Crippen LogP contribution in [0.15, 0.2) is 18.2 Å². The van der Waals surface area contributed by atoms with Crippen molar-refractivity contribution in [3.63, 3.8) is 0 Å². The molecule has 4 heteroatoms. The van der Waals surface area contributed by atoms with Crippen molar-refractivity contribution in [1.82, 2.24) is 5.32 Å². The lowest BCUT2D eigenvalue weighted by Gasteiger charge is -2.40. The first-order valence-corrected chi connectivity index (χ1v) is 7.11. The lowest BCUT2D eigenvalue weighted by molar-refractivity contribution is 0.0845. The number of halogens is 2. The third kappa shape index (κ3) is 2.83. The van der Waals surface area contributed by atoms with E-state index in [0.717, 1.165) is 32.2 Å². The summed E-state index contributed by atoms with van der Waals surface area (Å²) in [6.07, 6.45) is 3.58. The highest BCUT2D eigenvalue weighted by Crippen LogP contribution is 2.40. The van der Waals surface area contributed by atoms with Crippen molar-refractivity contribution in [3.05, 3.63) is 33.8 Å². The number of likely N-dealkylation sites (N-methyl/N-ethyl adjacent to an activating group) is 1. The highest BCUT2D eigenvalue weighted by Gasteiger charge is 2.37. The van der Waals surface area contributed by atoms with Crippen LogP contribution in [0.1, 0.15) is 31.2 Å². The van der Waals surface area contributed by atoms with Crippen LogP contribution in [0.2, 0.25) is 10.0 Å². The van der Waals surface area contributed by atoms with E-state index in [-0.39, 0.29) is 11.5 Å². The van der Waals surface area contributed by atoms with Gasteiger partial charge in [-0.05, 0) is 50.4 Å². The summed E-state index contributed by atoms with van der Waals surface area (Å²) < 4.78 is 0. The summed E-state index contributed by atoms with van der Waals surface area (Å²) >= 11 is 12.1. The van der Waals surface area contributed by atoms with Crippen molar-refractivity contribution in [2.45, 2.75) is 37.2 Å². The summed E-state index contributed by atoms with van der Waals surface area (Å²) in [5.74, 6) is 0. The van der Waals surface area contributed by atoms with Crippen LogP contribution in [-0.2, 0) is 5.41 Å². The minimum absolute atomic E-state index is 0.0271. The first kappa shape index (κ1) is 14.1. The summed E-state index contributed by atoms with van der Waals surface area (Å²) in [6, 6.07) is 5.82. The molecule has 0 aromatic heterocycles. The number of rotatable bonds is 3. The molecule has 0 aliphatic heterocycles. The van der Waals surface area contributed by atoms with Gasteiger partial charge >= 0.3 is 0 Å².